The Morgan fingerprint density at radius 3 is 2.69 bits per heavy atom. The van der Waals surface area contributed by atoms with Crippen molar-refractivity contribution in [1.29, 1.82) is 0 Å². The Morgan fingerprint density at radius 1 is 1.00 bits per heavy atom. The highest BCUT2D eigenvalue weighted by Crippen LogP contribution is 2.50. The minimum absolute atomic E-state index is 0.451. The van der Waals surface area contributed by atoms with Gasteiger partial charge < -0.3 is 0 Å². The number of Topliss-reactive ketones (excluding diaryl/α,β-unsaturated/α-hetero) is 1. The lowest BCUT2D eigenvalue weighted by atomic mass is 9.79. The lowest BCUT2D eigenvalue weighted by molar-refractivity contribution is -0.123. The number of ketones is 1. The van der Waals surface area contributed by atoms with Gasteiger partial charge in [0.2, 0.25) is 0 Å². The van der Waals surface area contributed by atoms with E-state index in [2.05, 4.69) is 0 Å². The molecule has 1 nitrogen and oxygen atoms in total. The highest BCUT2D eigenvalue weighted by molar-refractivity contribution is 5.81. The summed E-state index contributed by atoms with van der Waals surface area (Å²) in [5.41, 5.74) is 0. The maximum absolute atomic E-state index is 12.0. The number of carbonyl (C=O) groups is 1. The lowest BCUT2D eigenvalue weighted by Gasteiger charge is -2.25. The van der Waals surface area contributed by atoms with Crippen LogP contribution in [0.2, 0.25) is 0 Å². The molecule has 2 bridgehead atoms. The summed E-state index contributed by atoms with van der Waals surface area (Å²) in [7, 11) is 0. The Labute approximate surface area is 99.0 Å². The molecule has 16 heavy (non-hydrogen) atoms. The third kappa shape index (κ3) is 2.06. The third-order valence-corrected chi connectivity index (χ3v) is 5.40. The number of rotatable bonds is 2. The van der Waals surface area contributed by atoms with E-state index in [0.717, 1.165) is 30.6 Å². The fraction of sp³-hybridized carbons (Fsp3) is 0.933. The molecule has 3 fully saturated rings. The lowest BCUT2D eigenvalue weighted by Crippen LogP contribution is -2.20. The van der Waals surface area contributed by atoms with Crippen molar-refractivity contribution < 1.29 is 4.79 Å². The molecular formula is C15H24O. The fourth-order valence-electron chi connectivity index (χ4n) is 4.51. The first-order chi connectivity index (χ1) is 7.83. The van der Waals surface area contributed by atoms with Gasteiger partial charge in [0.15, 0.2) is 0 Å². The average Bonchev–Trinajstić information content (AvgIpc) is 2.83. The predicted octanol–water partition coefficient (Wildman–Crippen LogP) is 3.96. The van der Waals surface area contributed by atoms with E-state index < -0.39 is 0 Å². The molecule has 1 heteroatoms. The van der Waals surface area contributed by atoms with Gasteiger partial charge in [0.25, 0.3) is 0 Å². The van der Waals surface area contributed by atoms with Crippen molar-refractivity contribution in [3.8, 4) is 0 Å². The monoisotopic (exact) mass is 220 g/mol. The molecule has 4 unspecified atom stereocenters. The van der Waals surface area contributed by atoms with Crippen molar-refractivity contribution in [3.05, 3.63) is 0 Å². The normalized spacial score (nSPS) is 43.6. The molecule has 0 amide bonds. The Morgan fingerprint density at radius 2 is 1.94 bits per heavy atom. The maximum Gasteiger partial charge on any atom is 0.135 e. The van der Waals surface area contributed by atoms with E-state index in [1.807, 2.05) is 0 Å². The molecule has 0 aliphatic heterocycles. The van der Waals surface area contributed by atoms with Crippen LogP contribution in [-0.2, 0) is 4.79 Å². The summed E-state index contributed by atoms with van der Waals surface area (Å²) in [6.45, 7) is 0. The summed E-state index contributed by atoms with van der Waals surface area (Å²) in [6, 6.07) is 0. The molecule has 0 N–H and O–H groups in total. The summed E-state index contributed by atoms with van der Waals surface area (Å²) in [4.78, 5) is 12.0. The predicted molar refractivity (Wildman–Crippen MR) is 65.1 cm³/mol. The molecular weight excluding hydrogens is 196 g/mol. The zero-order valence-electron chi connectivity index (χ0n) is 10.3. The topological polar surface area (TPSA) is 17.1 Å². The maximum atomic E-state index is 12.0. The van der Waals surface area contributed by atoms with Crippen molar-refractivity contribution >= 4 is 5.78 Å². The second-order valence-electron chi connectivity index (χ2n) is 6.43. The minimum Gasteiger partial charge on any atom is -0.299 e. The number of carbonyl (C=O) groups excluding carboxylic acids is 1. The van der Waals surface area contributed by atoms with E-state index in [1.54, 1.807) is 0 Å². The van der Waals surface area contributed by atoms with Gasteiger partial charge >= 0.3 is 0 Å². The second kappa shape index (κ2) is 4.50. The summed E-state index contributed by atoms with van der Waals surface area (Å²) >= 11 is 0. The Hall–Kier alpha value is -0.330. The summed E-state index contributed by atoms with van der Waals surface area (Å²) in [6.07, 6.45) is 13.0. The van der Waals surface area contributed by atoms with Gasteiger partial charge in [-0.3, -0.25) is 4.79 Å². The molecule has 0 aromatic carbocycles. The molecule has 0 spiro atoms. The Bertz CT molecular complexity index is 271. The molecule has 3 rings (SSSR count). The third-order valence-electron chi connectivity index (χ3n) is 5.40. The van der Waals surface area contributed by atoms with E-state index in [9.17, 15) is 4.79 Å². The minimum atomic E-state index is 0.451. The molecule has 3 aliphatic carbocycles. The van der Waals surface area contributed by atoms with Crippen LogP contribution in [0.5, 0.6) is 0 Å². The summed E-state index contributed by atoms with van der Waals surface area (Å²) < 4.78 is 0. The highest BCUT2D eigenvalue weighted by atomic mass is 16.1. The largest absolute Gasteiger partial charge is 0.299 e. The molecule has 0 saturated heterocycles. The SMILES string of the molecule is O=C1CCCCCC1CC1CC2CCC1C2. The van der Waals surface area contributed by atoms with Gasteiger partial charge in [0.1, 0.15) is 5.78 Å². The van der Waals surface area contributed by atoms with Gasteiger partial charge in [0.05, 0.1) is 0 Å². The van der Waals surface area contributed by atoms with Crippen LogP contribution in [0.15, 0.2) is 0 Å². The molecule has 0 radical (unpaired) electrons. The van der Waals surface area contributed by atoms with Crippen molar-refractivity contribution in [1.82, 2.24) is 0 Å². The molecule has 0 aromatic rings. The van der Waals surface area contributed by atoms with E-state index in [0.29, 0.717) is 11.7 Å². The molecule has 0 aromatic heterocycles. The van der Waals surface area contributed by atoms with Gasteiger partial charge in [-0.05, 0) is 56.3 Å². The van der Waals surface area contributed by atoms with Crippen molar-refractivity contribution in [2.24, 2.45) is 23.7 Å². The standard InChI is InChI=1S/C15H24O/c16-15-5-3-1-2-4-13(15)10-14-9-11-6-7-12(14)8-11/h11-14H,1-10H2. The van der Waals surface area contributed by atoms with E-state index >= 15 is 0 Å². The average molecular weight is 220 g/mol. The zero-order valence-corrected chi connectivity index (χ0v) is 10.3. The second-order valence-corrected chi connectivity index (χ2v) is 6.43. The first-order valence-corrected chi connectivity index (χ1v) is 7.35. The fourth-order valence-corrected chi connectivity index (χ4v) is 4.51. The van der Waals surface area contributed by atoms with Crippen LogP contribution >= 0.6 is 0 Å². The van der Waals surface area contributed by atoms with Crippen LogP contribution in [0.1, 0.15) is 64.2 Å². The Kier molecular flexibility index (Phi) is 3.04. The first kappa shape index (κ1) is 10.8. The number of hydrogen-bond acceptors (Lipinski definition) is 1. The van der Waals surface area contributed by atoms with E-state index in [1.165, 1.54) is 51.4 Å². The van der Waals surface area contributed by atoms with Crippen LogP contribution in [0, 0.1) is 23.7 Å². The van der Waals surface area contributed by atoms with Gasteiger partial charge in [-0.15, -0.1) is 0 Å². The summed E-state index contributed by atoms with van der Waals surface area (Å²) in [5.74, 6) is 4.01. The van der Waals surface area contributed by atoms with Crippen molar-refractivity contribution in [2.45, 2.75) is 64.2 Å². The van der Waals surface area contributed by atoms with Gasteiger partial charge in [-0.25, -0.2) is 0 Å². The molecule has 0 heterocycles. The van der Waals surface area contributed by atoms with Crippen LogP contribution in [0.4, 0.5) is 0 Å². The number of hydrogen-bond donors (Lipinski definition) is 0. The van der Waals surface area contributed by atoms with Crippen molar-refractivity contribution in [3.63, 3.8) is 0 Å². The summed E-state index contributed by atoms with van der Waals surface area (Å²) in [5, 5.41) is 0. The van der Waals surface area contributed by atoms with Crippen LogP contribution in [-0.4, -0.2) is 5.78 Å². The van der Waals surface area contributed by atoms with Gasteiger partial charge in [0, 0.05) is 12.3 Å². The first-order valence-electron chi connectivity index (χ1n) is 7.35. The van der Waals surface area contributed by atoms with Crippen LogP contribution in [0.3, 0.4) is 0 Å². The quantitative estimate of drug-likeness (QED) is 0.644. The van der Waals surface area contributed by atoms with Crippen LogP contribution in [0.25, 0.3) is 0 Å². The molecule has 4 atom stereocenters. The van der Waals surface area contributed by atoms with Crippen molar-refractivity contribution in [2.75, 3.05) is 0 Å². The Balaban J connectivity index is 1.58. The number of fused-ring (bicyclic) bond motifs is 2. The molecule has 3 aliphatic rings. The van der Waals surface area contributed by atoms with E-state index in [-0.39, 0.29) is 0 Å². The van der Waals surface area contributed by atoms with E-state index in [4.69, 9.17) is 0 Å². The highest BCUT2D eigenvalue weighted by Gasteiger charge is 2.40. The van der Waals surface area contributed by atoms with Gasteiger partial charge in [-0.2, -0.15) is 0 Å². The van der Waals surface area contributed by atoms with Crippen LogP contribution < -0.4 is 0 Å². The smallest absolute Gasteiger partial charge is 0.135 e. The molecule has 3 saturated carbocycles. The molecule has 90 valence electrons. The zero-order chi connectivity index (χ0) is 11.0. The van der Waals surface area contributed by atoms with Gasteiger partial charge in [-0.1, -0.05) is 19.3 Å².